The zero-order chi connectivity index (χ0) is 30.5. The molecule has 14 heteroatoms. The Morgan fingerprint density at radius 1 is 0.744 bits per heavy atom. The number of carbonyl (C=O) groups excluding carboxylic acids is 2. The smallest absolute Gasteiger partial charge is 0.410 e. The van der Waals surface area contributed by atoms with Crippen molar-refractivity contribution >= 4 is 36.4 Å². The van der Waals surface area contributed by atoms with Crippen molar-refractivity contribution in [1.82, 2.24) is 10.2 Å². The first-order chi connectivity index (χ1) is 17.5. The lowest BCUT2D eigenvalue weighted by molar-refractivity contribution is 0.0104. The monoisotopic (exact) mass is 614 g/mol. The largest absolute Gasteiger partial charge is 0.444 e. The molecule has 1 N–H and O–H groups in total. The Morgan fingerprint density at radius 2 is 1.23 bits per heavy atom. The van der Waals surface area contributed by atoms with Crippen LogP contribution in [0.2, 0.25) is 39.3 Å². The number of nitrogens with zero attached hydrogens (tertiary/aromatic N) is 1. The average Bonchev–Trinajstić information content (AvgIpc) is 2.65. The van der Waals surface area contributed by atoms with Gasteiger partial charge in [0.1, 0.15) is 11.2 Å². The molecule has 0 aliphatic carbocycles. The third-order valence-electron chi connectivity index (χ3n) is 4.13. The molecule has 0 saturated carbocycles. The van der Waals surface area contributed by atoms with Crippen molar-refractivity contribution in [2.45, 2.75) is 98.4 Å². The molecule has 11 nitrogen and oxygen atoms in total. The van der Waals surface area contributed by atoms with Crippen LogP contribution in [0, 0.1) is 0 Å². The molecular weight excluding hydrogens is 559 g/mol. The van der Waals surface area contributed by atoms with E-state index in [1.165, 1.54) is 0 Å². The molecule has 2 amide bonds. The Hall–Kier alpha value is -0.956. The molecule has 39 heavy (non-hydrogen) atoms. The fourth-order valence-electron chi connectivity index (χ4n) is 3.06. The molecule has 0 aromatic carbocycles. The first-order valence-electron chi connectivity index (χ1n) is 13.6. The van der Waals surface area contributed by atoms with E-state index in [1.54, 1.807) is 25.7 Å². The van der Waals surface area contributed by atoms with E-state index in [-0.39, 0.29) is 12.8 Å². The van der Waals surface area contributed by atoms with Gasteiger partial charge in [-0.3, -0.25) is 4.57 Å². The van der Waals surface area contributed by atoms with E-state index >= 15 is 0 Å². The van der Waals surface area contributed by atoms with Gasteiger partial charge in [-0.05, 0) is 87.2 Å². The maximum atomic E-state index is 13.6. The highest BCUT2D eigenvalue weighted by atomic mass is 31.2. The van der Waals surface area contributed by atoms with Gasteiger partial charge in [-0.1, -0.05) is 0 Å². The summed E-state index contributed by atoms with van der Waals surface area (Å²) in [7, 11) is -7.52. The van der Waals surface area contributed by atoms with Gasteiger partial charge in [0, 0.05) is 19.6 Å². The summed E-state index contributed by atoms with van der Waals surface area (Å²) in [5.74, 6) is 0. The van der Waals surface area contributed by atoms with Gasteiger partial charge >= 0.3 is 19.8 Å². The first kappa shape index (κ1) is 38.0. The zero-order valence-electron chi connectivity index (χ0n) is 26.4. The van der Waals surface area contributed by atoms with Gasteiger partial charge in [-0.25, -0.2) is 9.59 Å². The van der Waals surface area contributed by atoms with E-state index in [2.05, 4.69) is 5.32 Å². The third kappa shape index (κ3) is 23.5. The normalized spacial score (nSPS) is 13.2. The van der Waals surface area contributed by atoms with Crippen LogP contribution in [0.5, 0.6) is 0 Å². The fraction of sp³-hybridized carbons (Fsp3) is 0.920. The molecule has 0 heterocycles. The average molecular weight is 615 g/mol. The van der Waals surface area contributed by atoms with E-state index < -0.39 is 47.6 Å². The number of rotatable bonds is 17. The van der Waals surface area contributed by atoms with Gasteiger partial charge in [0.2, 0.25) is 0 Å². The SMILES string of the molecule is CC(C)(C)OC(=O)NCCOCCOCCN(CCCP(=O)(O[Si](C)(C)C)O[Si](C)(C)C)C(=O)OC(C)(C)C. The van der Waals surface area contributed by atoms with Crippen molar-refractivity contribution < 1.29 is 41.5 Å². The van der Waals surface area contributed by atoms with Gasteiger partial charge in [-0.15, -0.1) is 0 Å². The van der Waals surface area contributed by atoms with Gasteiger partial charge in [-0.2, -0.15) is 0 Å². The van der Waals surface area contributed by atoms with E-state index in [0.29, 0.717) is 45.9 Å². The van der Waals surface area contributed by atoms with Crippen LogP contribution < -0.4 is 5.32 Å². The Kier molecular flexibility index (Phi) is 16.1. The summed E-state index contributed by atoms with van der Waals surface area (Å²) >= 11 is 0. The minimum Gasteiger partial charge on any atom is -0.444 e. The molecule has 232 valence electrons. The van der Waals surface area contributed by atoms with E-state index in [4.69, 9.17) is 27.4 Å². The lowest BCUT2D eigenvalue weighted by Gasteiger charge is -2.32. The van der Waals surface area contributed by atoms with Crippen LogP contribution in [-0.4, -0.2) is 97.1 Å². The number of ether oxygens (including phenoxy) is 4. The number of carbonyl (C=O) groups is 2. The zero-order valence-corrected chi connectivity index (χ0v) is 29.3. The van der Waals surface area contributed by atoms with E-state index in [1.807, 2.05) is 60.1 Å². The molecule has 0 bridgehead atoms. The summed E-state index contributed by atoms with van der Waals surface area (Å²) in [5.41, 5.74) is -1.19. The van der Waals surface area contributed by atoms with Crippen molar-refractivity contribution in [3.8, 4) is 0 Å². The summed E-state index contributed by atoms with van der Waals surface area (Å²) in [6.45, 7) is 25.0. The van der Waals surface area contributed by atoms with Crippen molar-refractivity contribution in [3.63, 3.8) is 0 Å². The van der Waals surface area contributed by atoms with Gasteiger partial charge < -0.3 is 37.6 Å². The molecule has 0 spiro atoms. The third-order valence-corrected chi connectivity index (χ3v) is 11.6. The molecule has 0 fully saturated rings. The maximum Gasteiger partial charge on any atom is 0.410 e. The molecule has 0 saturated heterocycles. The summed E-state index contributed by atoms with van der Waals surface area (Å²) in [4.78, 5) is 26.0. The highest BCUT2D eigenvalue weighted by molar-refractivity contribution is 7.57. The molecule has 0 aromatic heterocycles. The van der Waals surface area contributed by atoms with Crippen LogP contribution in [0.4, 0.5) is 9.59 Å². The second-order valence-corrected chi connectivity index (χ2v) is 24.8. The lowest BCUT2D eigenvalue weighted by Crippen LogP contribution is -2.40. The second-order valence-electron chi connectivity index (χ2n) is 13.2. The van der Waals surface area contributed by atoms with E-state index in [9.17, 15) is 14.2 Å². The predicted octanol–water partition coefficient (Wildman–Crippen LogP) is 6.07. The highest BCUT2D eigenvalue weighted by Crippen LogP contribution is 2.53. The predicted molar refractivity (Wildman–Crippen MR) is 160 cm³/mol. The van der Waals surface area contributed by atoms with Gasteiger partial charge in [0.05, 0.1) is 32.6 Å². The van der Waals surface area contributed by atoms with Crippen LogP contribution >= 0.6 is 7.60 Å². The summed E-state index contributed by atoms with van der Waals surface area (Å²) in [5, 5.41) is 2.62. The van der Waals surface area contributed by atoms with Gasteiger partial charge in [0.15, 0.2) is 16.6 Å². The molecule has 0 aliphatic heterocycles. The summed E-state index contributed by atoms with van der Waals surface area (Å²) < 4.78 is 47.4. The molecule has 0 atom stereocenters. The minimum atomic E-state index is -3.29. The van der Waals surface area contributed by atoms with E-state index in [0.717, 1.165) is 0 Å². The number of hydrogen-bond donors (Lipinski definition) is 1. The molecule has 0 rings (SSSR count). The maximum absolute atomic E-state index is 13.6. The lowest BCUT2D eigenvalue weighted by atomic mass is 10.2. The Balaban J connectivity index is 4.70. The summed E-state index contributed by atoms with van der Waals surface area (Å²) in [6, 6.07) is 0. The first-order valence-corrected chi connectivity index (χ1v) is 22.2. The van der Waals surface area contributed by atoms with Crippen LogP contribution in [0.15, 0.2) is 0 Å². The van der Waals surface area contributed by atoms with Crippen molar-refractivity contribution in [1.29, 1.82) is 0 Å². The quantitative estimate of drug-likeness (QED) is 0.118. The Bertz CT molecular complexity index is 768. The standard InChI is InChI=1S/C25H55N2O9PSi2/c1-24(2,3)33-22(28)26-14-17-31-19-20-32-18-16-27(23(29)34-25(4,5)6)15-13-21-37(30,35-38(7,8)9)36-39(10,11)12/h13-21H2,1-12H3,(H,26,28). The Labute approximate surface area is 238 Å². The topological polar surface area (TPSA) is 122 Å². The number of amides is 2. The van der Waals surface area contributed by atoms with Crippen molar-refractivity contribution in [2.75, 3.05) is 52.2 Å². The van der Waals surface area contributed by atoms with Crippen molar-refractivity contribution in [2.24, 2.45) is 0 Å². The number of alkyl carbamates (subject to hydrolysis) is 1. The van der Waals surface area contributed by atoms with Crippen LogP contribution in [0.1, 0.15) is 48.0 Å². The number of hydrogen-bond acceptors (Lipinski definition) is 9. The second kappa shape index (κ2) is 16.5. The molecule has 0 unspecified atom stereocenters. The van der Waals surface area contributed by atoms with Crippen molar-refractivity contribution in [3.05, 3.63) is 0 Å². The molecule has 0 radical (unpaired) electrons. The van der Waals surface area contributed by atoms with Crippen LogP contribution in [0.3, 0.4) is 0 Å². The van der Waals surface area contributed by atoms with Crippen LogP contribution in [0.25, 0.3) is 0 Å². The molecule has 0 aliphatic rings. The molecule has 0 aromatic rings. The minimum absolute atomic E-state index is 0.229. The highest BCUT2D eigenvalue weighted by Gasteiger charge is 2.36. The Morgan fingerprint density at radius 3 is 1.69 bits per heavy atom. The fourth-order valence-corrected chi connectivity index (χ4v) is 11.5. The molecular formula is C25H55N2O9PSi2. The van der Waals surface area contributed by atoms with Gasteiger partial charge in [0.25, 0.3) is 0 Å². The van der Waals surface area contributed by atoms with Crippen LogP contribution in [-0.2, 0) is 31.9 Å². The number of nitrogens with one attached hydrogen (secondary N) is 1. The summed E-state index contributed by atoms with van der Waals surface area (Å²) in [6.07, 6.45) is -0.269.